The number of nitrogens with one attached hydrogen (secondary N) is 1. The highest BCUT2D eigenvalue weighted by molar-refractivity contribution is 5.83. The summed E-state index contributed by atoms with van der Waals surface area (Å²) in [4.78, 5) is 4.42. The molecule has 0 fully saturated rings. The van der Waals surface area contributed by atoms with E-state index in [2.05, 4.69) is 10.3 Å². The molecule has 0 aliphatic carbocycles. The third-order valence-electron chi connectivity index (χ3n) is 3.04. The number of rotatable bonds is 2. The molecule has 19 heavy (non-hydrogen) atoms. The van der Waals surface area contributed by atoms with Crippen molar-refractivity contribution in [2.75, 3.05) is 12.4 Å². The fourth-order valence-electron chi connectivity index (χ4n) is 2.09. The van der Waals surface area contributed by atoms with Gasteiger partial charge < -0.3 is 9.73 Å². The predicted molar refractivity (Wildman–Crippen MR) is 73.7 cm³/mol. The smallest absolute Gasteiger partial charge is 0.227 e. The van der Waals surface area contributed by atoms with Gasteiger partial charge in [-0.15, -0.1) is 0 Å². The maximum atomic E-state index is 13.2. The van der Waals surface area contributed by atoms with Crippen LogP contribution in [-0.4, -0.2) is 12.0 Å². The first-order valence-corrected chi connectivity index (χ1v) is 6.02. The van der Waals surface area contributed by atoms with Gasteiger partial charge in [0, 0.05) is 18.3 Å². The summed E-state index contributed by atoms with van der Waals surface area (Å²) >= 11 is 0. The zero-order chi connectivity index (χ0) is 13.4. The normalized spacial score (nSPS) is 10.9. The Morgan fingerprint density at radius 3 is 2.79 bits per heavy atom. The number of anilines is 1. The molecule has 0 amide bonds. The number of benzene rings is 2. The van der Waals surface area contributed by atoms with E-state index in [4.69, 9.17) is 4.42 Å². The Kier molecular flexibility index (Phi) is 2.71. The van der Waals surface area contributed by atoms with Gasteiger partial charge in [0.05, 0.1) is 0 Å². The van der Waals surface area contributed by atoms with E-state index in [1.165, 1.54) is 12.1 Å². The molecule has 0 saturated carbocycles. The second-order valence-electron chi connectivity index (χ2n) is 4.42. The molecular formula is C15H13FN2O. The largest absolute Gasteiger partial charge is 0.436 e. The highest BCUT2D eigenvalue weighted by Crippen LogP contribution is 2.29. The third-order valence-corrected chi connectivity index (χ3v) is 3.04. The van der Waals surface area contributed by atoms with E-state index in [0.717, 1.165) is 22.4 Å². The lowest BCUT2D eigenvalue weighted by atomic mass is 10.2. The number of halogens is 1. The van der Waals surface area contributed by atoms with E-state index >= 15 is 0 Å². The topological polar surface area (TPSA) is 38.1 Å². The maximum absolute atomic E-state index is 13.2. The number of aromatic nitrogens is 1. The Balaban J connectivity index is 2.19. The summed E-state index contributed by atoms with van der Waals surface area (Å²) in [5, 5.41) is 3.08. The molecule has 0 aliphatic heterocycles. The maximum Gasteiger partial charge on any atom is 0.227 e. The van der Waals surface area contributed by atoms with Gasteiger partial charge in [-0.2, -0.15) is 0 Å². The number of aryl methyl sites for hydroxylation is 1. The van der Waals surface area contributed by atoms with Gasteiger partial charge in [-0.1, -0.05) is 6.07 Å². The van der Waals surface area contributed by atoms with Gasteiger partial charge in [0.25, 0.3) is 0 Å². The van der Waals surface area contributed by atoms with Crippen molar-refractivity contribution < 1.29 is 8.81 Å². The molecule has 1 aromatic heterocycles. The first-order chi connectivity index (χ1) is 9.17. The number of fused-ring (bicyclic) bond motifs is 1. The Morgan fingerprint density at radius 1 is 1.21 bits per heavy atom. The number of oxazole rings is 1. The van der Waals surface area contributed by atoms with Crippen LogP contribution < -0.4 is 5.32 Å². The number of hydrogen-bond donors (Lipinski definition) is 1. The van der Waals surface area contributed by atoms with Crippen molar-refractivity contribution in [3.05, 3.63) is 47.8 Å². The van der Waals surface area contributed by atoms with Crippen molar-refractivity contribution in [3.8, 4) is 11.5 Å². The Morgan fingerprint density at radius 2 is 2.05 bits per heavy atom. The van der Waals surface area contributed by atoms with Crippen LogP contribution in [0.15, 0.2) is 40.8 Å². The molecular weight excluding hydrogens is 243 g/mol. The lowest BCUT2D eigenvalue weighted by Crippen LogP contribution is -1.88. The van der Waals surface area contributed by atoms with Crippen LogP contribution in [0.25, 0.3) is 22.6 Å². The summed E-state index contributed by atoms with van der Waals surface area (Å²) in [6.45, 7) is 1.96. The highest BCUT2D eigenvalue weighted by Gasteiger charge is 2.11. The van der Waals surface area contributed by atoms with Crippen molar-refractivity contribution in [2.24, 2.45) is 0 Å². The Labute approximate surface area is 110 Å². The first kappa shape index (κ1) is 11.7. The lowest BCUT2D eigenvalue weighted by Gasteiger charge is -2.00. The molecule has 3 rings (SSSR count). The fourth-order valence-corrected chi connectivity index (χ4v) is 2.09. The van der Waals surface area contributed by atoms with Crippen molar-refractivity contribution in [2.45, 2.75) is 6.92 Å². The molecule has 3 nitrogen and oxygen atoms in total. The summed E-state index contributed by atoms with van der Waals surface area (Å²) in [5.74, 6) is 0.137. The molecule has 96 valence electrons. The molecule has 0 aliphatic rings. The van der Waals surface area contributed by atoms with E-state index in [-0.39, 0.29) is 5.82 Å². The van der Waals surface area contributed by atoms with Crippen LogP contribution in [0.1, 0.15) is 5.56 Å². The zero-order valence-corrected chi connectivity index (χ0v) is 10.7. The van der Waals surface area contributed by atoms with Crippen LogP contribution >= 0.6 is 0 Å². The van der Waals surface area contributed by atoms with E-state index in [1.54, 1.807) is 12.1 Å². The lowest BCUT2D eigenvalue weighted by molar-refractivity contribution is 0.609. The van der Waals surface area contributed by atoms with Gasteiger partial charge in [0.1, 0.15) is 11.3 Å². The van der Waals surface area contributed by atoms with Gasteiger partial charge in [-0.25, -0.2) is 9.37 Å². The molecule has 0 atom stereocenters. The second kappa shape index (κ2) is 4.39. The minimum atomic E-state index is -0.299. The average Bonchev–Trinajstić information content (AvgIpc) is 2.83. The average molecular weight is 256 g/mol. The van der Waals surface area contributed by atoms with Crippen molar-refractivity contribution in [1.29, 1.82) is 0 Å². The molecule has 0 unspecified atom stereocenters. The fraction of sp³-hybridized carbons (Fsp3) is 0.133. The van der Waals surface area contributed by atoms with Crippen molar-refractivity contribution in [1.82, 2.24) is 4.98 Å². The van der Waals surface area contributed by atoms with Crippen LogP contribution in [0.5, 0.6) is 0 Å². The molecule has 0 bridgehead atoms. The summed E-state index contributed by atoms with van der Waals surface area (Å²) in [5.41, 5.74) is 4.12. The van der Waals surface area contributed by atoms with Gasteiger partial charge in [-0.05, 0) is 42.8 Å². The van der Waals surface area contributed by atoms with Gasteiger partial charge >= 0.3 is 0 Å². The molecule has 0 spiro atoms. The van der Waals surface area contributed by atoms with E-state index in [1.807, 2.05) is 26.1 Å². The molecule has 3 aromatic rings. The molecule has 1 N–H and O–H groups in total. The highest BCUT2D eigenvalue weighted by atomic mass is 19.1. The second-order valence-corrected chi connectivity index (χ2v) is 4.42. The van der Waals surface area contributed by atoms with Crippen molar-refractivity contribution >= 4 is 16.8 Å². The first-order valence-electron chi connectivity index (χ1n) is 6.02. The minimum Gasteiger partial charge on any atom is -0.436 e. The van der Waals surface area contributed by atoms with Crippen LogP contribution in [-0.2, 0) is 0 Å². The Bertz CT molecular complexity index is 749. The van der Waals surface area contributed by atoms with E-state index < -0.39 is 0 Å². The molecule has 4 heteroatoms. The van der Waals surface area contributed by atoms with Crippen molar-refractivity contribution in [3.63, 3.8) is 0 Å². The molecule has 0 radical (unpaired) electrons. The SMILES string of the molecule is CNc1cc(C)c2oc(-c3cccc(F)c3)nc2c1. The van der Waals surface area contributed by atoms with Crippen LogP contribution in [0.3, 0.4) is 0 Å². The monoisotopic (exact) mass is 256 g/mol. The molecule has 2 aromatic carbocycles. The predicted octanol–water partition coefficient (Wildman–Crippen LogP) is 3.98. The van der Waals surface area contributed by atoms with Crippen LogP contribution in [0, 0.1) is 12.7 Å². The van der Waals surface area contributed by atoms with Crippen LogP contribution in [0.4, 0.5) is 10.1 Å². The van der Waals surface area contributed by atoms with Gasteiger partial charge in [-0.3, -0.25) is 0 Å². The summed E-state index contributed by atoms with van der Waals surface area (Å²) < 4.78 is 19.0. The van der Waals surface area contributed by atoms with Crippen LogP contribution in [0.2, 0.25) is 0 Å². The van der Waals surface area contributed by atoms with Gasteiger partial charge in [0.15, 0.2) is 5.58 Å². The molecule has 0 saturated heterocycles. The standard InChI is InChI=1S/C15H13FN2O/c1-9-6-12(17-2)8-13-14(9)19-15(18-13)10-4-3-5-11(16)7-10/h3-8,17H,1-2H3. The quantitative estimate of drug-likeness (QED) is 0.753. The summed E-state index contributed by atoms with van der Waals surface area (Å²) in [7, 11) is 1.86. The zero-order valence-electron chi connectivity index (χ0n) is 10.7. The molecule has 1 heterocycles. The minimum absolute atomic E-state index is 0.299. The van der Waals surface area contributed by atoms with E-state index in [9.17, 15) is 4.39 Å². The van der Waals surface area contributed by atoms with Gasteiger partial charge in [0.2, 0.25) is 5.89 Å². The Hall–Kier alpha value is -2.36. The summed E-state index contributed by atoms with van der Waals surface area (Å²) in [6.07, 6.45) is 0. The van der Waals surface area contributed by atoms with E-state index in [0.29, 0.717) is 11.5 Å². The summed E-state index contributed by atoms with van der Waals surface area (Å²) in [6, 6.07) is 10.1. The number of nitrogens with zero attached hydrogens (tertiary/aromatic N) is 1. The number of hydrogen-bond acceptors (Lipinski definition) is 3. The third kappa shape index (κ3) is 2.05.